The first-order chi connectivity index (χ1) is 9.19. The van der Waals surface area contributed by atoms with E-state index in [4.69, 9.17) is 10.5 Å². The molecule has 0 saturated carbocycles. The molecule has 0 bridgehead atoms. The second-order valence-electron chi connectivity index (χ2n) is 5.51. The summed E-state index contributed by atoms with van der Waals surface area (Å²) in [5.74, 6) is 0.668. The summed E-state index contributed by atoms with van der Waals surface area (Å²) >= 11 is 3.37. The smallest absolute Gasteiger partial charge is 0.389 e. The molecule has 0 spiro atoms. The number of fused-ring (bicyclic) bond motifs is 1. The van der Waals surface area contributed by atoms with Gasteiger partial charge in [-0.25, -0.2) is 0 Å². The zero-order valence-electron chi connectivity index (χ0n) is 11.1. The number of nitrogens with two attached hydrogens (primary N) is 1. The number of alkyl halides is 3. The summed E-state index contributed by atoms with van der Waals surface area (Å²) in [6, 6.07) is 5.33. The van der Waals surface area contributed by atoms with E-state index < -0.39 is 18.2 Å². The van der Waals surface area contributed by atoms with Crippen molar-refractivity contribution in [3.63, 3.8) is 0 Å². The first-order valence-corrected chi connectivity index (χ1v) is 7.29. The monoisotopic (exact) mass is 351 g/mol. The molecule has 2 rings (SSSR count). The fourth-order valence-corrected chi connectivity index (χ4v) is 2.98. The second kappa shape index (κ2) is 5.56. The van der Waals surface area contributed by atoms with E-state index in [-0.39, 0.29) is 12.5 Å². The average molecular weight is 352 g/mol. The zero-order valence-corrected chi connectivity index (χ0v) is 12.7. The van der Waals surface area contributed by atoms with Gasteiger partial charge in [0.2, 0.25) is 0 Å². The van der Waals surface area contributed by atoms with Gasteiger partial charge in [-0.3, -0.25) is 0 Å². The Morgan fingerprint density at radius 3 is 2.80 bits per heavy atom. The van der Waals surface area contributed by atoms with Crippen molar-refractivity contribution >= 4 is 15.9 Å². The molecule has 0 radical (unpaired) electrons. The summed E-state index contributed by atoms with van der Waals surface area (Å²) in [7, 11) is 0. The van der Waals surface area contributed by atoms with Crippen molar-refractivity contribution in [1.82, 2.24) is 0 Å². The molecule has 1 aliphatic heterocycles. The lowest BCUT2D eigenvalue weighted by Crippen LogP contribution is -2.40. The summed E-state index contributed by atoms with van der Waals surface area (Å²) in [6.45, 7) is 1.83. The zero-order chi connectivity index (χ0) is 15.0. The van der Waals surface area contributed by atoms with Crippen LogP contribution >= 0.6 is 15.9 Å². The molecule has 0 aliphatic carbocycles. The molecule has 1 aromatic carbocycles. The van der Waals surface area contributed by atoms with Gasteiger partial charge in [-0.15, -0.1) is 0 Å². The van der Waals surface area contributed by atoms with Crippen molar-refractivity contribution in [3.05, 3.63) is 28.2 Å². The molecule has 0 amide bonds. The van der Waals surface area contributed by atoms with Gasteiger partial charge >= 0.3 is 6.18 Å². The maximum absolute atomic E-state index is 12.2. The van der Waals surface area contributed by atoms with Crippen molar-refractivity contribution in [1.29, 1.82) is 0 Å². The Morgan fingerprint density at radius 2 is 2.15 bits per heavy atom. The number of hydrogen-bond donors (Lipinski definition) is 1. The van der Waals surface area contributed by atoms with E-state index in [0.29, 0.717) is 18.6 Å². The Balaban J connectivity index is 2.06. The van der Waals surface area contributed by atoms with Crippen molar-refractivity contribution < 1.29 is 17.9 Å². The molecular formula is C14H17BrF3NO. The maximum atomic E-state index is 12.2. The van der Waals surface area contributed by atoms with Gasteiger partial charge in [0, 0.05) is 28.9 Å². The Morgan fingerprint density at radius 1 is 1.45 bits per heavy atom. The predicted octanol–water partition coefficient (Wildman–Crippen LogP) is 4.72. The van der Waals surface area contributed by atoms with Crippen LogP contribution < -0.4 is 10.5 Å². The summed E-state index contributed by atoms with van der Waals surface area (Å²) in [4.78, 5) is 0. The number of hydrogen-bond acceptors (Lipinski definition) is 2. The van der Waals surface area contributed by atoms with Gasteiger partial charge in [-0.2, -0.15) is 13.2 Å². The van der Waals surface area contributed by atoms with Crippen molar-refractivity contribution in [3.8, 4) is 5.75 Å². The van der Waals surface area contributed by atoms with Crippen LogP contribution in [0, 0.1) is 0 Å². The van der Waals surface area contributed by atoms with Crippen LogP contribution in [0.5, 0.6) is 5.75 Å². The van der Waals surface area contributed by atoms with Gasteiger partial charge in [0.25, 0.3) is 0 Å². The van der Waals surface area contributed by atoms with Gasteiger partial charge in [-0.1, -0.05) is 15.9 Å². The minimum atomic E-state index is -4.12. The van der Waals surface area contributed by atoms with Gasteiger partial charge in [0.05, 0.1) is 0 Å². The van der Waals surface area contributed by atoms with E-state index in [0.717, 1.165) is 10.0 Å². The van der Waals surface area contributed by atoms with E-state index in [1.807, 2.05) is 19.1 Å². The summed E-state index contributed by atoms with van der Waals surface area (Å²) in [5, 5.41) is 0. The molecule has 2 nitrogen and oxygen atoms in total. The fraction of sp³-hybridized carbons (Fsp3) is 0.571. The molecule has 6 heteroatoms. The Labute approximate surface area is 124 Å². The van der Waals surface area contributed by atoms with Crippen LogP contribution in [0.4, 0.5) is 13.2 Å². The third kappa shape index (κ3) is 3.88. The van der Waals surface area contributed by atoms with Crippen molar-refractivity contribution in [2.24, 2.45) is 5.73 Å². The van der Waals surface area contributed by atoms with Gasteiger partial charge in [0.15, 0.2) is 0 Å². The highest BCUT2D eigenvalue weighted by atomic mass is 79.9. The Hall–Kier alpha value is -0.750. The molecule has 1 aromatic rings. The van der Waals surface area contributed by atoms with Gasteiger partial charge in [-0.05, 0) is 38.0 Å². The van der Waals surface area contributed by atoms with E-state index in [1.165, 1.54) is 0 Å². The molecule has 1 heterocycles. The first kappa shape index (κ1) is 15.6. The van der Waals surface area contributed by atoms with E-state index >= 15 is 0 Å². The van der Waals surface area contributed by atoms with Crippen molar-refractivity contribution in [2.45, 2.75) is 50.4 Å². The van der Waals surface area contributed by atoms with Crippen LogP contribution in [0.1, 0.15) is 44.2 Å². The Kier molecular flexibility index (Phi) is 4.35. The lowest BCUT2D eigenvalue weighted by atomic mass is 9.85. The second-order valence-corrected chi connectivity index (χ2v) is 6.43. The van der Waals surface area contributed by atoms with Gasteiger partial charge in [0.1, 0.15) is 11.4 Å². The summed E-state index contributed by atoms with van der Waals surface area (Å²) < 4.78 is 43.5. The van der Waals surface area contributed by atoms with Crippen LogP contribution in [-0.4, -0.2) is 11.8 Å². The molecule has 0 fully saturated rings. The van der Waals surface area contributed by atoms with Crippen LogP contribution in [0.3, 0.4) is 0 Å². The molecule has 2 atom stereocenters. The molecule has 1 unspecified atom stereocenters. The standard InChI is InChI=1S/C14H17BrF3NO/c1-13(5-2-6-14(16,17)18)8-11(19)10-7-9(15)3-4-12(10)20-13/h3-4,7,11H,2,5-6,8,19H2,1H3/t11-,13?/m1/s1. The quantitative estimate of drug-likeness (QED) is 0.854. The Bertz CT molecular complexity index is 492. The normalized spacial score (nSPS) is 26.0. The van der Waals surface area contributed by atoms with Crippen LogP contribution in [0.25, 0.3) is 0 Å². The summed E-state index contributed by atoms with van der Waals surface area (Å²) in [5.41, 5.74) is 6.39. The molecule has 0 saturated heterocycles. The number of halogens is 4. The number of benzene rings is 1. The minimum absolute atomic E-state index is 0.0541. The maximum Gasteiger partial charge on any atom is 0.389 e. The topological polar surface area (TPSA) is 35.2 Å². The summed E-state index contributed by atoms with van der Waals surface area (Å²) in [6.07, 6.45) is -3.98. The third-order valence-electron chi connectivity index (χ3n) is 3.55. The molecule has 0 aromatic heterocycles. The lowest BCUT2D eigenvalue weighted by molar-refractivity contribution is -0.137. The number of rotatable bonds is 3. The highest BCUT2D eigenvalue weighted by Crippen LogP contribution is 2.42. The highest BCUT2D eigenvalue weighted by molar-refractivity contribution is 9.10. The molecule has 20 heavy (non-hydrogen) atoms. The number of ether oxygens (including phenoxy) is 1. The molecule has 112 valence electrons. The van der Waals surface area contributed by atoms with Crippen LogP contribution in [0.15, 0.2) is 22.7 Å². The molecular weight excluding hydrogens is 335 g/mol. The van der Waals surface area contributed by atoms with E-state index in [9.17, 15) is 13.2 Å². The first-order valence-electron chi connectivity index (χ1n) is 6.49. The average Bonchev–Trinajstić information content (AvgIpc) is 2.28. The van der Waals surface area contributed by atoms with Crippen LogP contribution in [-0.2, 0) is 0 Å². The minimum Gasteiger partial charge on any atom is -0.487 e. The SMILES string of the molecule is CC1(CCCC(F)(F)F)C[C@@H](N)c2cc(Br)ccc2O1. The van der Waals surface area contributed by atoms with Crippen LogP contribution in [0.2, 0.25) is 0 Å². The van der Waals surface area contributed by atoms with Crippen molar-refractivity contribution in [2.75, 3.05) is 0 Å². The van der Waals surface area contributed by atoms with Gasteiger partial charge < -0.3 is 10.5 Å². The van der Waals surface area contributed by atoms with E-state index in [1.54, 1.807) is 6.07 Å². The fourth-order valence-electron chi connectivity index (χ4n) is 2.60. The molecule has 1 aliphatic rings. The largest absolute Gasteiger partial charge is 0.487 e. The van der Waals surface area contributed by atoms with E-state index in [2.05, 4.69) is 15.9 Å². The highest BCUT2D eigenvalue weighted by Gasteiger charge is 2.37. The molecule has 2 N–H and O–H groups in total. The lowest BCUT2D eigenvalue weighted by Gasteiger charge is -2.39. The third-order valence-corrected chi connectivity index (χ3v) is 4.04. The predicted molar refractivity (Wildman–Crippen MR) is 74.6 cm³/mol.